The zero-order valence-corrected chi connectivity index (χ0v) is 21.3. The molecule has 9 nitrogen and oxygen atoms in total. The van der Waals surface area contributed by atoms with Crippen LogP contribution in [-0.2, 0) is 14.9 Å². The number of hydrogen-bond acceptors (Lipinski definition) is 8. The van der Waals surface area contributed by atoms with Crippen molar-refractivity contribution in [1.82, 2.24) is 5.32 Å². The third kappa shape index (κ3) is 6.09. The molecule has 1 fully saturated rings. The summed E-state index contributed by atoms with van der Waals surface area (Å²) in [6.45, 7) is 0. The molecular formula is C22H13BrClN3O6S2. The zero-order valence-electron chi connectivity index (χ0n) is 17.3. The van der Waals surface area contributed by atoms with Crippen LogP contribution in [0.25, 0.3) is 6.08 Å². The first kappa shape index (κ1) is 24.9. The molecule has 0 bridgehead atoms. The summed E-state index contributed by atoms with van der Waals surface area (Å²) < 4.78 is 31.5. The van der Waals surface area contributed by atoms with Crippen LogP contribution in [0.15, 0.2) is 86.0 Å². The predicted octanol–water partition coefficient (Wildman–Crippen LogP) is 5.67. The smallest absolute Gasteiger partial charge is 0.339 e. The van der Waals surface area contributed by atoms with Crippen molar-refractivity contribution in [1.29, 1.82) is 0 Å². The van der Waals surface area contributed by atoms with Gasteiger partial charge in [-0.1, -0.05) is 27.5 Å². The van der Waals surface area contributed by atoms with E-state index in [9.17, 15) is 23.3 Å². The lowest BCUT2D eigenvalue weighted by Gasteiger charge is -2.10. The molecule has 1 N–H and O–H groups in total. The van der Waals surface area contributed by atoms with Gasteiger partial charge in [0.25, 0.3) is 11.6 Å². The summed E-state index contributed by atoms with van der Waals surface area (Å²) in [5.74, 6) is -0.442. The van der Waals surface area contributed by atoms with Crippen LogP contribution in [0.5, 0.6) is 5.75 Å². The number of halogens is 2. The molecule has 1 amide bonds. The highest BCUT2D eigenvalue weighted by atomic mass is 79.9. The van der Waals surface area contributed by atoms with Crippen LogP contribution >= 0.6 is 39.3 Å². The molecule has 3 aromatic rings. The van der Waals surface area contributed by atoms with Crippen LogP contribution < -0.4 is 9.50 Å². The second-order valence-electron chi connectivity index (χ2n) is 6.93. The van der Waals surface area contributed by atoms with Crippen LogP contribution in [0.1, 0.15) is 5.56 Å². The average Bonchev–Trinajstić information content (AvgIpc) is 3.15. The average molecular weight is 595 g/mol. The van der Waals surface area contributed by atoms with E-state index in [4.69, 9.17) is 15.8 Å². The molecule has 4 rings (SSSR count). The van der Waals surface area contributed by atoms with Gasteiger partial charge in [-0.3, -0.25) is 14.9 Å². The van der Waals surface area contributed by atoms with Gasteiger partial charge in [0.15, 0.2) is 5.17 Å². The van der Waals surface area contributed by atoms with Gasteiger partial charge >= 0.3 is 10.1 Å². The Labute approximate surface area is 217 Å². The number of carbonyl (C=O) groups excluding carboxylic acids is 1. The Morgan fingerprint density at radius 3 is 2.43 bits per heavy atom. The van der Waals surface area contributed by atoms with Crippen LogP contribution in [-0.4, -0.2) is 24.4 Å². The monoisotopic (exact) mass is 593 g/mol. The van der Waals surface area contributed by atoms with Crippen molar-refractivity contribution in [2.45, 2.75) is 4.90 Å². The van der Waals surface area contributed by atoms with Gasteiger partial charge in [-0.15, -0.1) is 0 Å². The third-order valence-electron chi connectivity index (χ3n) is 4.50. The highest BCUT2D eigenvalue weighted by Gasteiger charge is 2.25. The molecule has 1 aliphatic rings. The van der Waals surface area contributed by atoms with E-state index in [-0.39, 0.29) is 21.2 Å². The number of benzene rings is 3. The number of nitrogens with one attached hydrogen (secondary N) is 1. The van der Waals surface area contributed by atoms with E-state index in [0.717, 1.165) is 36.0 Å². The van der Waals surface area contributed by atoms with Crippen molar-refractivity contribution in [2.24, 2.45) is 4.99 Å². The summed E-state index contributed by atoms with van der Waals surface area (Å²) in [4.78, 5) is 27.1. The molecular weight excluding hydrogens is 582 g/mol. The summed E-state index contributed by atoms with van der Waals surface area (Å²) in [6.07, 6.45) is 1.48. The Morgan fingerprint density at radius 1 is 1.09 bits per heavy atom. The van der Waals surface area contributed by atoms with Gasteiger partial charge in [-0.05, 0) is 72.4 Å². The van der Waals surface area contributed by atoms with Crippen molar-refractivity contribution in [3.63, 3.8) is 0 Å². The quantitative estimate of drug-likeness (QED) is 0.169. The topological polar surface area (TPSA) is 128 Å². The summed E-state index contributed by atoms with van der Waals surface area (Å²) in [5.41, 5.74) is 0.660. The van der Waals surface area contributed by atoms with Gasteiger partial charge in [0.1, 0.15) is 10.6 Å². The second kappa shape index (κ2) is 10.2. The summed E-state index contributed by atoms with van der Waals surface area (Å²) in [5, 5.41) is 14.4. The fourth-order valence-corrected chi connectivity index (χ4v) is 5.15. The van der Waals surface area contributed by atoms with Crippen molar-refractivity contribution in [3.05, 3.63) is 96.8 Å². The summed E-state index contributed by atoms with van der Waals surface area (Å²) in [6, 6.07) is 15.7. The Balaban J connectivity index is 1.61. The fourth-order valence-electron chi connectivity index (χ4n) is 2.86. The Hall–Kier alpha value is -3.19. The molecule has 0 radical (unpaired) electrons. The fraction of sp³-hybridized carbons (Fsp3) is 0. The Bertz CT molecular complexity index is 1490. The second-order valence-corrected chi connectivity index (χ2v) is 10.9. The van der Waals surface area contributed by atoms with E-state index in [1.165, 1.54) is 12.1 Å². The van der Waals surface area contributed by atoms with E-state index in [0.29, 0.717) is 25.9 Å². The van der Waals surface area contributed by atoms with E-state index in [2.05, 4.69) is 26.2 Å². The molecule has 0 unspecified atom stereocenters. The molecule has 178 valence electrons. The SMILES string of the molecule is O=C1NC(=Nc2ccc(Cl)cc2)S/C1=C/c1cc(Br)ccc1OS(=O)(=O)c1ccc([N+](=O)[O-])cc1. The predicted molar refractivity (Wildman–Crippen MR) is 137 cm³/mol. The van der Waals surface area contributed by atoms with Gasteiger partial charge in [0, 0.05) is 27.2 Å². The number of aliphatic imine (C=N–C) groups is 1. The molecule has 1 heterocycles. The minimum atomic E-state index is -4.30. The standard InChI is InChI=1S/C22H13BrClN3O6S2/c23-14-1-10-19(33-35(31,32)18-8-6-17(7-9-18)27(29)30)13(11-14)12-20-21(28)26-22(34-20)25-16-4-2-15(24)3-5-16/h1-12H,(H,25,26,28)/b20-12+. The molecule has 0 atom stereocenters. The largest absolute Gasteiger partial charge is 0.378 e. The third-order valence-corrected chi connectivity index (χ3v) is 7.41. The maximum absolute atomic E-state index is 12.8. The van der Waals surface area contributed by atoms with Gasteiger partial charge in [0.2, 0.25) is 0 Å². The Morgan fingerprint density at radius 2 is 1.77 bits per heavy atom. The minimum Gasteiger partial charge on any atom is -0.378 e. The maximum atomic E-state index is 12.8. The number of amides is 1. The lowest BCUT2D eigenvalue weighted by molar-refractivity contribution is -0.384. The van der Waals surface area contributed by atoms with Crippen molar-refractivity contribution >= 4 is 77.9 Å². The number of carbonyl (C=O) groups is 1. The normalized spacial score (nSPS) is 15.9. The van der Waals surface area contributed by atoms with E-state index >= 15 is 0 Å². The minimum absolute atomic E-state index is 0.0319. The molecule has 3 aromatic carbocycles. The molecule has 13 heteroatoms. The molecule has 1 aliphatic heterocycles. The molecule has 1 saturated heterocycles. The van der Waals surface area contributed by atoms with Gasteiger partial charge in [-0.25, -0.2) is 4.99 Å². The van der Waals surface area contributed by atoms with Crippen LogP contribution in [0.3, 0.4) is 0 Å². The molecule has 0 aliphatic carbocycles. The molecule has 0 spiro atoms. The van der Waals surface area contributed by atoms with Crippen molar-refractivity contribution in [2.75, 3.05) is 0 Å². The number of nitro groups is 1. The first-order valence-electron chi connectivity index (χ1n) is 9.64. The van der Waals surface area contributed by atoms with Gasteiger partial charge in [0.05, 0.1) is 15.5 Å². The molecule has 0 aromatic heterocycles. The first-order valence-corrected chi connectivity index (χ1v) is 13.0. The lowest BCUT2D eigenvalue weighted by atomic mass is 10.2. The lowest BCUT2D eigenvalue weighted by Crippen LogP contribution is -2.19. The highest BCUT2D eigenvalue weighted by molar-refractivity contribution is 9.10. The van der Waals surface area contributed by atoms with Gasteiger partial charge in [-0.2, -0.15) is 8.42 Å². The number of thioether (sulfide) groups is 1. The van der Waals surface area contributed by atoms with Crippen molar-refractivity contribution < 1.29 is 22.3 Å². The number of hydrogen-bond donors (Lipinski definition) is 1. The van der Waals surface area contributed by atoms with Crippen LogP contribution in [0.4, 0.5) is 11.4 Å². The first-order chi connectivity index (χ1) is 16.6. The van der Waals surface area contributed by atoms with Crippen molar-refractivity contribution in [3.8, 4) is 5.75 Å². The summed E-state index contributed by atoms with van der Waals surface area (Å²) in [7, 11) is -4.30. The van der Waals surface area contributed by atoms with Crippen LogP contribution in [0, 0.1) is 10.1 Å². The number of nitro benzene ring substituents is 1. The number of amidine groups is 1. The maximum Gasteiger partial charge on any atom is 0.339 e. The number of non-ortho nitro benzene ring substituents is 1. The van der Waals surface area contributed by atoms with E-state index < -0.39 is 20.9 Å². The Kier molecular flexibility index (Phi) is 7.26. The summed E-state index contributed by atoms with van der Waals surface area (Å²) >= 11 is 10.3. The van der Waals surface area contributed by atoms with E-state index in [1.54, 1.807) is 36.4 Å². The number of rotatable bonds is 6. The molecule has 0 saturated carbocycles. The van der Waals surface area contributed by atoms with Gasteiger partial charge < -0.3 is 9.50 Å². The van der Waals surface area contributed by atoms with E-state index in [1.807, 2.05) is 0 Å². The number of nitrogens with zero attached hydrogens (tertiary/aromatic N) is 2. The zero-order chi connectivity index (χ0) is 25.2. The molecule has 35 heavy (non-hydrogen) atoms. The van der Waals surface area contributed by atoms with Crippen LogP contribution in [0.2, 0.25) is 5.02 Å². The highest BCUT2D eigenvalue weighted by Crippen LogP contribution is 2.33.